The highest BCUT2D eigenvalue weighted by Gasteiger charge is 2.20. The van der Waals surface area contributed by atoms with Crippen molar-refractivity contribution >= 4 is 10.1 Å². The molecule has 1 atom stereocenters. The van der Waals surface area contributed by atoms with Gasteiger partial charge in [0.25, 0.3) is 0 Å². The van der Waals surface area contributed by atoms with Gasteiger partial charge in [0, 0.05) is 12.9 Å². The molecule has 25 heavy (non-hydrogen) atoms. The van der Waals surface area contributed by atoms with Gasteiger partial charge in [0.1, 0.15) is 6.54 Å². The second-order valence-corrected chi connectivity index (χ2v) is 8.66. The van der Waals surface area contributed by atoms with Crippen LogP contribution in [0.1, 0.15) is 58.3 Å². The molecular formula is C18H39NO5S. The fourth-order valence-corrected chi connectivity index (χ4v) is 3.47. The summed E-state index contributed by atoms with van der Waals surface area (Å²) < 4.78 is 43.7. The van der Waals surface area contributed by atoms with Gasteiger partial charge in [-0.25, -0.2) is 8.42 Å². The summed E-state index contributed by atoms with van der Waals surface area (Å²) in [6.07, 6.45) is 8.78. The van der Waals surface area contributed by atoms with E-state index in [9.17, 15) is 13.0 Å². The Bertz CT molecular complexity index is 402. The molecule has 0 heterocycles. The number of rotatable bonds is 18. The van der Waals surface area contributed by atoms with Crippen LogP contribution in [0.25, 0.3) is 0 Å². The zero-order chi connectivity index (χ0) is 19.0. The van der Waals surface area contributed by atoms with Gasteiger partial charge in [0.15, 0.2) is 0 Å². The van der Waals surface area contributed by atoms with Gasteiger partial charge in [-0.1, -0.05) is 32.6 Å². The lowest BCUT2D eigenvalue weighted by Gasteiger charge is -2.35. The number of hydrogen-bond acceptors (Lipinski definition) is 5. The van der Waals surface area contributed by atoms with Crippen molar-refractivity contribution in [1.82, 2.24) is 0 Å². The number of likely N-dealkylation sites (N-methyl/N-ethyl adjacent to an activating group) is 1. The summed E-state index contributed by atoms with van der Waals surface area (Å²) in [5, 5.41) is 0. The van der Waals surface area contributed by atoms with Crippen molar-refractivity contribution in [2.75, 3.05) is 59.4 Å². The predicted molar refractivity (Wildman–Crippen MR) is 101 cm³/mol. The molecule has 0 N–H and O–H groups in total. The van der Waals surface area contributed by atoms with Crippen LogP contribution in [0.4, 0.5) is 0 Å². The van der Waals surface area contributed by atoms with E-state index in [0.717, 1.165) is 30.5 Å². The van der Waals surface area contributed by atoms with Crippen LogP contribution < -0.4 is 0 Å². The van der Waals surface area contributed by atoms with Crippen LogP contribution in [-0.2, 0) is 19.6 Å². The molecule has 0 aromatic carbocycles. The van der Waals surface area contributed by atoms with Gasteiger partial charge in [0.05, 0.1) is 50.1 Å². The Balaban J connectivity index is 4.18. The molecule has 0 amide bonds. The first-order valence-electron chi connectivity index (χ1n) is 9.67. The molecule has 0 aliphatic heterocycles. The van der Waals surface area contributed by atoms with E-state index in [1.54, 1.807) is 7.11 Å². The minimum Gasteiger partial charge on any atom is -0.748 e. The second kappa shape index (κ2) is 14.9. The molecule has 7 heteroatoms. The molecule has 0 fully saturated rings. The van der Waals surface area contributed by atoms with Crippen molar-refractivity contribution in [2.24, 2.45) is 0 Å². The van der Waals surface area contributed by atoms with Gasteiger partial charge in [-0.05, 0) is 25.7 Å². The second-order valence-electron chi connectivity index (χ2n) is 7.13. The Morgan fingerprint density at radius 2 is 1.44 bits per heavy atom. The normalized spacial score (nSPS) is 14.6. The molecule has 152 valence electrons. The summed E-state index contributed by atoms with van der Waals surface area (Å²) in [6, 6.07) is 0. The van der Waals surface area contributed by atoms with E-state index in [1.807, 2.05) is 0 Å². The smallest absolute Gasteiger partial charge is 0.102 e. The standard InChI is InChI=1S/C18H39NO5S/c1-4-5-6-7-8-9-12-19(2,14-15-24-17-16-23-3)13-10-11-18-25(20,21)22/h4-18H2,1-3H3. The molecule has 0 aliphatic carbocycles. The molecular weight excluding hydrogens is 342 g/mol. The summed E-state index contributed by atoms with van der Waals surface area (Å²) >= 11 is 0. The molecule has 0 aromatic rings. The van der Waals surface area contributed by atoms with Crippen molar-refractivity contribution in [2.45, 2.75) is 58.3 Å². The lowest BCUT2D eigenvalue weighted by Crippen LogP contribution is -2.48. The van der Waals surface area contributed by atoms with Gasteiger partial charge in [-0.3, -0.25) is 0 Å². The monoisotopic (exact) mass is 381 g/mol. The zero-order valence-corrected chi connectivity index (χ0v) is 17.3. The molecule has 0 saturated carbocycles. The minimum atomic E-state index is -4.09. The number of unbranched alkanes of at least 4 members (excludes halogenated alkanes) is 6. The highest BCUT2D eigenvalue weighted by molar-refractivity contribution is 7.85. The number of quaternary nitrogens is 1. The average molecular weight is 382 g/mol. The van der Waals surface area contributed by atoms with Crippen molar-refractivity contribution < 1.29 is 26.9 Å². The number of ether oxygens (including phenoxy) is 2. The SMILES string of the molecule is CCCCCCCC[N+](C)(CCCCS(=O)(=O)[O-])CCOCCOC. The Morgan fingerprint density at radius 1 is 0.840 bits per heavy atom. The first kappa shape index (κ1) is 24.8. The maximum Gasteiger partial charge on any atom is 0.102 e. The molecule has 0 radical (unpaired) electrons. The molecule has 0 spiro atoms. The zero-order valence-electron chi connectivity index (χ0n) is 16.5. The van der Waals surface area contributed by atoms with E-state index >= 15 is 0 Å². The van der Waals surface area contributed by atoms with E-state index < -0.39 is 10.1 Å². The molecule has 0 rings (SSSR count). The molecule has 6 nitrogen and oxygen atoms in total. The molecule has 0 saturated heterocycles. The highest BCUT2D eigenvalue weighted by Crippen LogP contribution is 2.12. The third-order valence-electron chi connectivity index (χ3n) is 4.60. The maximum atomic E-state index is 10.7. The predicted octanol–water partition coefficient (Wildman–Crippen LogP) is 2.78. The Hall–Kier alpha value is -0.210. The Kier molecular flexibility index (Phi) is 14.8. The lowest BCUT2D eigenvalue weighted by molar-refractivity contribution is -0.910. The van der Waals surface area contributed by atoms with Crippen molar-refractivity contribution in [1.29, 1.82) is 0 Å². The third-order valence-corrected chi connectivity index (χ3v) is 5.39. The topological polar surface area (TPSA) is 75.7 Å². The first-order valence-corrected chi connectivity index (χ1v) is 11.2. The quantitative estimate of drug-likeness (QED) is 0.207. The summed E-state index contributed by atoms with van der Waals surface area (Å²) in [4.78, 5) is 0. The first-order chi connectivity index (χ1) is 11.8. The largest absolute Gasteiger partial charge is 0.748 e. The number of hydrogen-bond donors (Lipinski definition) is 0. The van der Waals surface area contributed by atoms with E-state index in [-0.39, 0.29) is 5.75 Å². The third kappa shape index (κ3) is 17.0. The molecule has 1 unspecified atom stereocenters. The van der Waals surface area contributed by atoms with E-state index in [0.29, 0.717) is 26.2 Å². The van der Waals surface area contributed by atoms with Gasteiger partial charge in [-0.2, -0.15) is 0 Å². The summed E-state index contributed by atoms with van der Waals surface area (Å²) in [5.74, 6) is -0.256. The summed E-state index contributed by atoms with van der Waals surface area (Å²) in [6.45, 7) is 6.96. The highest BCUT2D eigenvalue weighted by atomic mass is 32.2. The Morgan fingerprint density at radius 3 is 2.04 bits per heavy atom. The van der Waals surface area contributed by atoms with E-state index in [2.05, 4.69) is 14.0 Å². The Labute approximate surface area is 155 Å². The van der Waals surface area contributed by atoms with Crippen molar-refractivity contribution in [3.8, 4) is 0 Å². The number of methoxy groups -OCH3 is 1. The fraction of sp³-hybridized carbons (Fsp3) is 1.00. The van der Waals surface area contributed by atoms with Gasteiger partial charge in [-0.15, -0.1) is 0 Å². The van der Waals surface area contributed by atoms with Crippen molar-refractivity contribution in [3.63, 3.8) is 0 Å². The van der Waals surface area contributed by atoms with Crippen LogP contribution in [0.15, 0.2) is 0 Å². The molecule has 0 bridgehead atoms. The van der Waals surface area contributed by atoms with E-state index in [1.165, 1.54) is 38.5 Å². The average Bonchev–Trinajstić information content (AvgIpc) is 2.54. The summed E-state index contributed by atoms with van der Waals surface area (Å²) in [5.41, 5.74) is 0. The van der Waals surface area contributed by atoms with E-state index in [4.69, 9.17) is 9.47 Å². The van der Waals surface area contributed by atoms with Gasteiger partial charge >= 0.3 is 0 Å². The van der Waals surface area contributed by atoms with Crippen LogP contribution in [-0.4, -0.2) is 76.8 Å². The fourth-order valence-electron chi connectivity index (χ4n) is 2.91. The lowest BCUT2D eigenvalue weighted by atomic mass is 10.1. The number of nitrogens with zero attached hydrogens (tertiary/aromatic N) is 1. The van der Waals surface area contributed by atoms with Crippen LogP contribution in [0.5, 0.6) is 0 Å². The van der Waals surface area contributed by atoms with Crippen LogP contribution in [0.2, 0.25) is 0 Å². The summed E-state index contributed by atoms with van der Waals surface area (Å²) in [7, 11) is -0.230. The van der Waals surface area contributed by atoms with Crippen molar-refractivity contribution in [3.05, 3.63) is 0 Å². The van der Waals surface area contributed by atoms with Crippen LogP contribution in [0.3, 0.4) is 0 Å². The van der Waals surface area contributed by atoms with Gasteiger partial charge < -0.3 is 18.5 Å². The minimum absolute atomic E-state index is 0.256. The molecule has 0 aliphatic rings. The van der Waals surface area contributed by atoms with Crippen LogP contribution in [0, 0.1) is 0 Å². The molecule has 0 aromatic heterocycles. The van der Waals surface area contributed by atoms with Gasteiger partial charge in [0.2, 0.25) is 0 Å². The maximum absolute atomic E-state index is 10.7. The van der Waals surface area contributed by atoms with Crippen LogP contribution >= 0.6 is 0 Å².